The summed E-state index contributed by atoms with van der Waals surface area (Å²) in [6, 6.07) is 13.9. The molecule has 0 radical (unpaired) electrons. The van der Waals surface area contributed by atoms with Crippen molar-refractivity contribution < 1.29 is 14.6 Å². The van der Waals surface area contributed by atoms with Crippen LogP contribution in [0.3, 0.4) is 0 Å². The highest BCUT2D eigenvalue weighted by Crippen LogP contribution is 2.47. The van der Waals surface area contributed by atoms with E-state index in [4.69, 9.17) is 21.3 Å². The monoisotopic (exact) mass is 751 g/mol. The van der Waals surface area contributed by atoms with Gasteiger partial charge in [0, 0.05) is 68.7 Å². The molecule has 1 spiro atoms. The van der Waals surface area contributed by atoms with Crippen molar-refractivity contribution in [2.45, 2.75) is 44.2 Å². The van der Waals surface area contributed by atoms with E-state index >= 15 is 0 Å². The van der Waals surface area contributed by atoms with Crippen molar-refractivity contribution in [3.63, 3.8) is 0 Å². The lowest BCUT2D eigenvalue weighted by molar-refractivity contribution is 0.127. The van der Waals surface area contributed by atoms with Crippen LogP contribution >= 0.6 is 11.6 Å². The maximum absolute atomic E-state index is 13.2. The Kier molecular flexibility index (Phi) is 9.15. The number of fused-ring (bicyclic) bond motifs is 2. The molecule has 3 aromatic heterocycles. The average Bonchev–Trinajstić information content (AvgIpc) is 3.79. The zero-order chi connectivity index (χ0) is 37.9. The van der Waals surface area contributed by atoms with Gasteiger partial charge in [0.2, 0.25) is 5.88 Å². The minimum Gasteiger partial charge on any atom is -0.481 e. The van der Waals surface area contributed by atoms with E-state index in [1.807, 2.05) is 43.3 Å². The Morgan fingerprint density at radius 1 is 1.04 bits per heavy atom. The number of methoxy groups -OCH3 is 1. The second-order valence-electron chi connectivity index (χ2n) is 14.4. The number of aromatic nitrogens is 5. The third-order valence-electron chi connectivity index (χ3n) is 11.4. The summed E-state index contributed by atoms with van der Waals surface area (Å²) in [5.74, 6) is 0.874. The minimum absolute atomic E-state index is 0.0432. The van der Waals surface area contributed by atoms with E-state index in [-0.39, 0.29) is 35.3 Å². The van der Waals surface area contributed by atoms with Crippen molar-refractivity contribution in [2.24, 2.45) is 14.1 Å². The Morgan fingerprint density at radius 2 is 1.80 bits per heavy atom. The summed E-state index contributed by atoms with van der Waals surface area (Å²) in [4.78, 5) is 56.3. The fraction of sp³-hybridized carbons (Fsp3) is 0.385. The topological polar surface area (TPSA) is 160 Å². The number of anilines is 2. The summed E-state index contributed by atoms with van der Waals surface area (Å²) in [6.45, 7) is 4.53. The summed E-state index contributed by atoms with van der Waals surface area (Å²) >= 11 is 7.26. The number of amides is 2. The van der Waals surface area contributed by atoms with Gasteiger partial charge in [0.15, 0.2) is 5.65 Å². The van der Waals surface area contributed by atoms with E-state index < -0.39 is 11.2 Å². The van der Waals surface area contributed by atoms with E-state index in [0.717, 1.165) is 76.9 Å². The molecule has 0 unspecified atom stereocenters. The van der Waals surface area contributed by atoms with Crippen molar-refractivity contribution in [1.29, 1.82) is 0 Å². The van der Waals surface area contributed by atoms with Gasteiger partial charge in [-0.1, -0.05) is 41.9 Å². The standard InChI is InChI=1S/C39H42ClN9O5/c1-22-24(7-6-10-27(22)43-33-31-34(42-21-41-33)46(2)38(53)47(3)36(31)51)25-8-5-9-26(32(25)40)28-19-23-11-12-29(30(23)35(44-28)54-4)49-16-14-39(20-49)13-15-48(17-18-50)37(52)45-39/h5-10,19,21,29,50H,11-18,20H2,1-4H3,(H,45,52)(H,41,42,43)/t29-,39+/m0/s1. The molecule has 0 saturated carbocycles. The number of hydrogen-bond donors (Lipinski definition) is 3. The molecule has 8 rings (SSSR count). The first-order chi connectivity index (χ1) is 26.0. The number of carbonyl (C=O) groups excluding carboxylic acids is 1. The van der Waals surface area contributed by atoms with Crippen LogP contribution in [0.25, 0.3) is 33.4 Å². The van der Waals surface area contributed by atoms with E-state index in [9.17, 15) is 19.5 Å². The van der Waals surface area contributed by atoms with Gasteiger partial charge in [-0.15, -0.1) is 0 Å². The molecular weight excluding hydrogens is 710 g/mol. The molecule has 2 aromatic carbocycles. The lowest BCUT2D eigenvalue weighted by atomic mass is 9.92. The van der Waals surface area contributed by atoms with Crippen molar-refractivity contribution in [3.05, 3.63) is 91.3 Å². The van der Waals surface area contributed by atoms with Crippen LogP contribution in [-0.2, 0) is 20.5 Å². The number of halogens is 1. The SMILES string of the molecule is COc1nc(-c2cccc(-c3cccc(Nc4ncnc5c4c(=O)n(C)c(=O)n5C)c3C)c2Cl)cc2c1[C@@H](N1CC[C@]3(CCN(CCO)C(=O)N3)C1)CC2. The average molecular weight is 752 g/mol. The Balaban J connectivity index is 1.09. The molecule has 0 bridgehead atoms. The Bertz CT molecular complexity index is 2450. The Hall–Kier alpha value is -5.31. The first kappa shape index (κ1) is 35.7. The third kappa shape index (κ3) is 5.89. The van der Waals surface area contributed by atoms with E-state index in [1.54, 1.807) is 19.1 Å². The van der Waals surface area contributed by atoms with E-state index in [0.29, 0.717) is 35.5 Å². The van der Waals surface area contributed by atoms with Crippen LogP contribution in [0.5, 0.6) is 5.88 Å². The van der Waals surface area contributed by atoms with Crippen molar-refractivity contribution in [3.8, 4) is 28.3 Å². The zero-order valence-electron chi connectivity index (χ0n) is 30.6. The highest BCUT2D eigenvalue weighted by molar-refractivity contribution is 6.36. The molecule has 3 N–H and O–H groups in total. The zero-order valence-corrected chi connectivity index (χ0v) is 31.4. The van der Waals surface area contributed by atoms with Crippen LogP contribution in [-0.4, -0.2) is 90.5 Å². The van der Waals surface area contributed by atoms with Gasteiger partial charge in [0.05, 0.1) is 30.0 Å². The summed E-state index contributed by atoms with van der Waals surface area (Å²) in [5, 5.41) is 16.7. The number of aliphatic hydroxyl groups is 1. The van der Waals surface area contributed by atoms with Crippen molar-refractivity contribution in [2.75, 3.05) is 45.2 Å². The van der Waals surface area contributed by atoms with Crippen LogP contribution in [0.4, 0.5) is 16.3 Å². The number of pyridine rings is 1. The van der Waals surface area contributed by atoms with Gasteiger partial charge in [-0.05, 0) is 61.4 Å². The maximum atomic E-state index is 13.2. The first-order valence-electron chi connectivity index (χ1n) is 18.1. The van der Waals surface area contributed by atoms with Crippen LogP contribution < -0.4 is 26.6 Å². The molecular formula is C39H42ClN9O5. The van der Waals surface area contributed by atoms with E-state index in [1.165, 1.54) is 23.5 Å². The van der Waals surface area contributed by atoms with E-state index in [2.05, 4.69) is 31.6 Å². The van der Waals surface area contributed by atoms with Gasteiger partial charge in [0.1, 0.15) is 17.5 Å². The maximum Gasteiger partial charge on any atom is 0.332 e. The quantitative estimate of drug-likeness (QED) is 0.209. The highest BCUT2D eigenvalue weighted by atomic mass is 35.5. The Morgan fingerprint density at radius 3 is 2.57 bits per heavy atom. The van der Waals surface area contributed by atoms with Gasteiger partial charge < -0.3 is 25.4 Å². The number of hydrogen-bond acceptors (Lipinski definition) is 10. The first-order valence-corrected chi connectivity index (χ1v) is 18.5. The number of aryl methyl sites for hydroxylation is 2. The molecule has 54 heavy (non-hydrogen) atoms. The molecule has 15 heteroatoms. The number of urea groups is 1. The number of nitrogens with zero attached hydrogens (tertiary/aromatic N) is 7. The van der Waals surface area contributed by atoms with Gasteiger partial charge in [-0.3, -0.25) is 18.8 Å². The molecule has 2 aliphatic heterocycles. The number of ether oxygens (including phenoxy) is 1. The largest absolute Gasteiger partial charge is 0.481 e. The molecule has 280 valence electrons. The van der Waals surface area contributed by atoms with Gasteiger partial charge in [0.25, 0.3) is 5.56 Å². The molecule has 1 aliphatic carbocycles. The molecule has 2 amide bonds. The fourth-order valence-corrected chi connectivity index (χ4v) is 8.82. The molecule has 2 atom stereocenters. The number of likely N-dealkylation sites (tertiary alicyclic amines) is 1. The van der Waals surface area contributed by atoms with Crippen LogP contribution in [0.1, 0.15) is 42.0 Å². The summed E-state index contributed by atoms with van der Waals surface area (Å²) in [5.41, 5.74) is 6.07. The molecule has 5 aromatic rings. The highest BCUT2D eigenvalue weighted by Gasteiger charge is 2.46. The van der Waals surface area contributed by atoms with Gasteiger partial charge >= 0.3 is 11.7 Å². The minimum atomic E-state index is -0.488. The number of benzene rings is 2. The molecule has 2 saturated heterocycles. The number of nitrogens with one attached hydrogen (secondary N) is 2. The summed E-state index contributed by atoms with van der Waals surface area (Å²) in [7, 11) is 4.66. The number of rotatable bonds is 8. The summed E-state index contributed by atoms with van der Waals surface area (Å²) < 4.78 is 8.34. The lowest BCUT2D eigenvalue weighted by Crippen LogP contribution is -2.61. The fourth-order valence-electron chi connectivity index (χ4n) is 8.49. The second kappa shape index (κ2) is 13.8. The van der Waals surface area contributed by atoms with Crippen LogP contribution in [0, 0.1) is 6.92 Å². The molecule has 5 heterocycles. The normalized spacial score (nSPS) is 19.8. The smallest absolute Gasteiger partial charge is 0.332 e. The van der Waals surface area contributed by atoms with Gasteiger partial charge in [-0.2, -0.15) is 0 Å². The molecule has 3 aliphatic rings. The number of aliphatic hydroxyl groups excluding tert-OH is 1. The Labute approximate surface area is 316 Å². The number of carbonyl (C=O) groups is 1. The lowest BCUT2D eigenvalue weighted by Gasteiger charge is -2.40. The molecule has 2 fully saturated rings. The second-order valence-corrected chi connectivity index (χ2v) is 14.8. The van der Waals surface area contributed by atoms with Gasteiger partial charge in [-0.25, -0.2) is 24.5 Å². The third-order valence-corrected chi connectivity index (χ3v) is 11.8. The number of β-amino-alcohol motifs (C(OH)–C–C–N with tert-alkyl or cyclic N) is 1. The summed E-state index contributed by atoms with van der Waals surface area (Å²) in [6.07, 6.45) is 4.84. The van der Waals surface area contributed by atoms with Crippen LogP contribution in [0.15, 0.2) is 58.4 Å². The van der Waals surface area contributed by atoms with Crippen molar-refractivity contribution >= 4 is 40.2 Å². The van der Waals surface area contributed by atoms with Crippen molar-refractivity contribution in [1.82, 2.24) is 39.2 Å². The predicted octanol–water partition coefficient (Wildman–Crippen LogP) is 4.31. The predicted molar refractivity (Wildman–Crippen MR) is 207 cm³/mol. The van der Waals surface area contributed by atoms with Crippen LogP contribution in [0.2, 0.25) is 5.02 Å². The molecule has 14 nitrogen and oxygen atoms in total.